The first-order chi connectivity index (χ1) is 12.1. The lowest BCUT2D eigenvalue weighted by molar-refractivity contribution is -0.121. The van der Waals surface area contributed by atoms with Gasteiger partial charge in [-0.05, 0) is 53.4 Å². The highest BCUT2D eigenvalue weighted by Gasteiger charge is 2.02. The number of halogens is 1. The van der Waals surface area contributed by atoms with Gasteiger partial charge in [-0.2, -0.15) is 0 Å². The predicted octanol–water partition coefficient (Wildman–Crippen LogP) is 3.37. The number of hydrogen-bond donors (Lipinski definition) is 1. The summed E-state index contributed by atoms with van der Waals surface area (Å²) >= 11 is 3.36. The number of nitrogens with one attached hydrogen (secondary N) is 1. The smallest absolute Gasteiger partial charge is 0.250 e. The second-order valence-corrected chi connectivity index (χ2v) is 6.62. The third kappa shape index (κ3) is 7.56. The van der Waals surface area contributed by atoms with Gasteiger partial charge < -0.3 is 14.6 Å². The molecule has 5 nitrogen and oxygen atoms in total. The first-order valence-electron chi connectivity index (χ1n) is 8.46. The molecule has 0 radical (unpaired) electrons. The van der Waals surface area contributed by atoms with Gasteiger partial charge in [-0.1, -0.05) is 18.2 Å². The maximum atomic E-state index is 11.8. The van der Waals surface area contributed by atoms with E-state index in [-0.39, 0.29) is 11.5 Å². The van der Waals surface area contributed by atoms with Crippen molar-refractivity contribution in [2.24, 2.45) is 0 Å². The Labute approximate surface area is 156 Å². The minimum Gasteiger partial charge on any atom is -0.494 e. The van der Waals surface area contributed by atoms with Crippen molar-refractivity contribution in [2.75, 3.05) is 13.2 Å². The van der Waals surface area contributed by atoms with Crippen molar-refractivity contribution in [1.82, 2.24) is 9.88 Å². The molecule has 0 saturated heterocycles. The molecule has 1 aromatic carbocycles. The highest BCUT2D eigenvalue weighted by Crippen LogP contribution is 2.09. The number of ether oxygens (including phenoxy) is 1. The molecule has 0 bridgehead atoms. The standard InChI is InChI=1S/C19H23BrN2O3/c20-16-10-11-19(24)22(15-16)13-5-4-12-21-18(23)9-6-14-25-17-7-2-1-3-8-17/h1-3,7-8,10-11,15H,4-6,9,12-14H2,(H,21,23). The van der Waals surface area contributed by atoms with Gasteiger partial charge in [-0.15, -0.1) is 0 Å². The molecule has 0 fully saturated rings. The lowest BCUT2D eigenvalue weighted by Crippen LogP contribution is -2.25. The largest absolute Gasteiger partial charge is 0.494 e. The molecular weight excluding hydrogens is 384 g/mol. The fraction of sp³-hybridized carbons (Fsp3) is 0.368. The maximum Gasteiger partial charge on any atom is 0.250 e. The summed E-state index contributed by atoms with van der Waals surface area (Å²) in [6.07, 6.45) is 4.61. The van der Waals surface area contributed by atoms with Crippen molar-refractivity contribution in [2.45, 2.75) is 32.2 Å². The van der Waals surface area contributed by atoms with Crippen LogP contribution in [0.2, 0.25) is 0 Å². The Balaban J connectivity index is 1.52. The average Bonchev–Trinajstić information content (AvgIpc) is 2.62. The molecule has 0 spiro atoms. The second-order valence-electron chi connectivity index (χ2n) is 5.70. The monoisotopic (exact) mass is 406 g/mol. The normalized spacial score (nSPS) is 10.4. The van der Waals surface area contributed by atoms with Crippen LogP contribution in [0.1, 0.15) is 25.7 Å². The van der Waals surface area contributed by atoms with Crippen LogP contribution in [0.5, 0.6) is 5.75 Å². The second kappa shape index (κ2) is 10.7. The van der Waals surface area contributed by atoms with E-state index in [0.717, 1.165) is 23.1 Å². The number of para-hydroxylation sites is 1. The van der Waals surface area contributed by atoms with Gasteiger partial charge in [0, 0.05) is 36.2 Å². The molecular formula is C19H23BrN2O3. The molecule has 1 aromatic heterocycles. The molecule has 0 aliphatic rings. The molecule has 6 heteroatoms. The van der Waals surface area contributed by atoms with Crippen molar-refractivity contribution >= 4 is 21.8 Å². The summed E-state index contributed by atoms with van der Waals surface area (Å²) in [7, 11) is 0. The number of aromatic nitrogens is 1. The van der Waals surface area contributed by atoms with Crippen LogP contribution < -0.4 is 15.6 Å². The van der Waals surface area contributed by atoms with Gasteiger partial charge in [0.25, 0.3) is 5.56 Å². The lowest BCUT2D eigenvalue weighted by atomic mass is 10.2. The number of amides is 1. The van der Waals surface area contributed by atoms with Crippen molar-refractivity contribution < 1.29 is 9.53 Å². The fourth-order valence-corrected chi connectivity index (χ4v) is 2.72. The van der Waals surface area contributed by atoms with E-state index in [4.69, 9.17) is 4.74 Å². The van der Waals surface area contributed by atoms with Crippen molar-refractivity contribution in [3.63, 3.8) is 0 Å². The number of carbonyl (C=O) groups excluding carboxylic acids is 1. The van der Waals surface area contributed by atoms with Gasteiger partial charge >= 0.3 is 0 Å². The third-order valence-corrected chi connectivity index (χ3v) is 4.12. The highest BCUT2D eigenvalue weighted by molar-refractivity contribution is 9.10. The van der Waals surface area contributed by atoms with E-state index in [9.17, 15) is 9.59 Å². The van der Waals surface area contributed by atoms with E-state index in [0.29, 0.717) is 32.5 Å². The van der Waals surface area contributed by atoms with Gasteiger partial charge in [0.2, 0.25) is 5.91 Å². The Hall–Kier alpha value is -2.08. The Bertz CT molecular complexity index is 716. The molecule has 2 rings (SSSR count). The average molecular weight is 407 g/mol. The van der Waals surface area contributed by atoms with E-state index in [1.165, 1.54) is 0 Å². The zero-order valence-electron chi connectivity index (χ0n) is 14.1. The summed E-state index contributed by atoms with van der Waals surface area (Å²) < 4.78 is 8.11. The fourth-order valence-electron chi connectivity index (χ4n) is 2.34. The van der Waals surface area contributed by atoms with E-state index < -0.39 is 0 Å². The van der Waals surface area contributed by atoms with Gasteiger partial charge in [-0.25, -0.2) is 0 Å². The maximum absolute atomic E-state index is 11.8. The summed E-state index contributed by atoms with van der Waals surface area (Å²) in [5.74, 6) is 0.863. The van der Waals surface area contributed by atoms with Gasteiger partial charge in [0.15, 0.2) is 0 Å². The van der Waals surface area contributed by atoms with Crippen LogP contribution in [0, 0.1) is 0 Å². The summed E-state index contributed by atoms with van der Waals surface area (Å²) in [5.41, 5.74) is -0.00866. The Morgan fingerprint density at radius 1 is 1.08 bits per heavy atom. The highest BCUT2D eigenvalue weighted by atomic mass is 79.9. The molecule has 134 valence electrons. The quantitative estimate of drug-likeness (QED) is 0.615. The van der Waals surface area contributed by atoms with Crippen molar-refractivity contribution in [3.8, 4) is 5.75 Å². The molecule has 0 aliphatic carbocycles. The van der Waals surface area contributed by atoms with E-state index in [1.54, 1.807) is 22.9 Å². The number of pyridine rings is 1. The van der Waals surface area contributed by atoms with Gasteiger partial charge in [0.1, 0.15) is 5.75 Å². The Morgan fingerprint density at radius 3 is 2.68 bits per heavy atom. The molecule has 1 amide bonds. The predicted molar refractivity (Wildman–Crippen MR) is 102 cm³/mol. The molecule has 1 N–H and O–H groups in total. The minimum absolute atomic E-state index is 0.00866. The van der Waals surface area contributed by atoms with E-state index in [2.05, 4.69) is 21.2 Å². The molecule has 25 heavy (non-hydrogen) atoms. The van der Waals surface area contributed by atoms with Crippen LogP contribution in [-0.4, -0.2) is 23.6 Å². The Morgan fingerprint density at radius 2 is 1.88 bits per heavy atom. The number of unbranched alkanes of at least 4 members (excludes halogenated alkanes) is 1. The molecule has 0 saturated carbocycles. The summed E-state index contributed by atoms with van der Waals surface area (Å²) in [6.45, 7) is 1.81. The molecule has 1 heterocycles. The van der Waals surface area contributed by atoms with Gasteiger partial charge in [-0.3, -0.25) is 9.59 Å². The van der Waals surface area contributed by atoms with Crippen molar-refractivity contribution in [3.05, 3.63) is 63.5 Å². The number of nitrogens with zero attached hydrogens (tertiary/aromatic N) is 1. The lowest BCUT2D eigenvalue weighted by Gasteiger charge is -2.08. The molecule has 2 aromatic rings. The van der Waals surface area contributed by atoms with E-state index in [1.807, 2.05) is 30.3 Å². The zero-order chi connectivity index (χ0) is 17.9. The van der Waals surface area contributed by atoms with Crippen LogP contribution >= 0.6 is 15.9 Å². The number of benzene rings is 1. The topological polar surface area (TPSA) is 60.3 Å². The summed E-state index contributed by atoms with van der Waals surface area (Å²) in [4.78, 5) is 23.4. The molecule has 0 atom stereocenters. The number of rotatable bonds is 10. The van der Waals surface area contributed by atoms with Crippen LogP contribution in [0.3, 0.4) is 0 Å². The Kier molecular flexibility index (Phi) is 8.25. The zero-order valence-corrected chi connectivity index (χ0v) is 15.7. The first-order valence-corrected chi connectivity index (χ1v) is 9.25. The SMILES string of the molecule is O=C(CCCOc1ccccc1)NCCCCn1cc(Br)ccc1=O. The first kappa shape index (κ1) is 19.2. The number of aryl methyl sites for hydroxylation is 1. The number of hydrogen-bond acceptors (Lipinski definition) is 3. The summed E-state index contributed by atoms with van der Waals surface area (Å²) in [5, 5.41) is 2.90. The minimum atomic E-state index is -0.00866. The third-order valence-electron chi connectivity index (χ3n) is 3.66. The number of carbonyl (C=O) groups is 1. The summed E-state index contributed by atoms with van der Waals surface area (Å²) in [6, 6.07) is 12.9. The van der Waals surface area contributed by atoms with E-state index >= 15 is 0 Å². The van der Waals surface area contributed by atoms with Crippen LogP contribution in [0.4, 0.5) is 0 Å². The molecule has 0 aliphatic heterocycles. The van der Waals surface area contributed by atoms with Crippen LogP contribution in [0.25, 0.3) is 0 Å². The van der Waals surface area contributed by atoms with Gasteiger partial charge in [0.05, 0.1) is 6.61 Å². The van der Waals surface area contributed by atoms with Crippen LogP contribution in [-0.2, 0) is 11.3 Å². The molecule has 0 unspecified atom stereocenters. The van der Waals surface area contributed by atoms with Crippen LogP contribution in [0.15, 0.2) is 57.9 Å². The van der Waals surface area contributed by atoms with Crippen molar-refractivity contribution in [1.29, 1.82) is 0 Å².